The van der Waals surface area contributed by atoms with Crippen LogP contribution in [0.2, 0.25) is 5.15 Å². The van der Waals surface area contributed by atoms with Crippen molar-refractivity contribution in [3.8, 4) is 11.5 Å². The van der Waals surface area contributed by atoms with E-state index in [9.17, 15) is 0 Å². The highest BCUT2D eigenvalue weighted by Gasteiger charge is 2.08. The van der Waals surface area contributed by atoms with E-state index in [0.717, 1.165) is 5.69 Å². The summed E-state index contributed by atoms with van der Waals surface area (Å²) < 4.78 is 10.4. The molecule has 2 aromatic rings. The van der Waals surface area contributed by atoms with Crippen molar-refractivity contribution in [3.63, 3.8) is 0 Å². The van der Waals surface area contributed by atoms with Crippen molar-refractivity contribution in [3.05, 3.63) is 35.7 Å². The molecule has 18 heavy (non-hydrogen) atoms. The Morgan fingerprint density at radius 1 is 1.11 bits per heavy atom. The average molecular weight is 266 g/mol. The first kappa shape index (κ1) is 12.4. The van der Waals surface area contributed by atoms with Gasteiger partial charge in [-0.05, 0) is 12.1 Å². The molecule has 0 aliphatic carbocycles. The molecule has 2 rings (SSSR count). The molecule has 6 heteroatoms. The van der Waals surface area contributed by atoms with E-state index in [1.54, 1.807) is 26.5 Å². The third kappa shape index (κ3) is 2.62. The molecule has 0 radical (unpaired) electrons. The molecule has 1 N–H and O–H groups in total. The minimum atomic E-state index is 0.301. The number of nitrogens with zero attached hydrogens (tertiary/aromatic N) is 2. The Kier molecular flexibility index (Phi) is 3.84. The lowest BCUT2D eigenvalue weighted by molar-refractivity contribution is 0.395. The molecule has 0 aliphatic heterocycles. The number of benzene rings is 1. The van der Waals surface area contributed by atoms with E-state index in [0.29, 0.717) is 22.5 Å². The second-order valence-electron chi connectivity index (χ2n) is 3.39. The van der Waals surface area contributed by atoms with Gasteiger partial charge in [-0.15, -0.1) is 0 Å². The number of methoxy groups -OCH3 is 2. The van der Waals surface area contributed by atoms with Crippen molar-refractivity contribution in [1.82, 2.24) is 9.97 Å². The van der Waals surface area contributed by atoms with E-state index < -0.39 is 0 Å². The van der Waals surface area contributed by atoms with Crippen molar-refractivity contribution in [1.29, 1.82) is 0 Å². The molecule has 0 amide bonds. The first-order valence-electron chi connectivity index (χ1n) is 5.20. The molecule has 0 saturated heterocycles. The summed E-state index contributed by atoms with van der Waals surface area (Å²) in [5.74, 6) is 1.82. The highest BCUT2D eigenvalue weighted by Crippen LogP contribution is 2.32. The Bertz CT molecular complexity index is 549. The van der Waals surface area contributed by atoms with Gasteiger partial charge in [-0.3, -0.25) is 0 Å². The molecular formula is C12H12ClN3O2. The summed E-state index contributed by atoms with van der Waals surface area (Å²) in [6.45, 7) is 0. The molecule has 94 valence electrons. The number of hydrogen-bond donors (Lipinski definition) is 1. The smallest absolute Gasteiger partial charge is 0.171 e. The quantitative estimate of drug-likeness (QED) is 0.921. The Morgan fingerprint density at radius 2 is 1.89 bits per heavy atom. The summed E-state index contributed by atoms with van der Waals surface area (Å²) in [4.78, 5) is 8.04. The van der Waals surface area contributed by atoms with Gasteiger partial charge in [-0.2, -0.15) is 0 Å². The van der Waals surface area contributed by atoms with Crippen LogP contribution in [-0.2, 0) is 0 Å². The monoisotopic (exact) mass is 265 g/mol. The van der Waals surface area contributed by atoms with E-state index >= 15 is 0 Å². The van der Waals surface area contributed by atoms with Gasteiger partial charge in [0.15, 0.2) is 11.0 Å². The predicted molar refractivity (Wildman–Crippen MR) is 69.9 cm³/mol. The predicted octanol–water partition coefficient (Wildman–Crippen LogP) is 2.89. The maximum atomic E-state index is 5.93. The van der Waals surface area contributed by atoms with Gasteiger partial charge in [0.05, 0.1) is 19.9 Å². The second-order valence-corrected chi connectivity index (χ2v) is 3.74. The molecule has 1 aromatic heterocycles. The molecule has 0 unspecified atom stereocenters. The van der Waals surface area contributed by atoms with Crippen molar-refractivity contribution < 1.29 is 9.47 Å². The van der Waals surface area contributed by atoms with Gasteiger partial charge < -0.3 is 14.8 Å². The molecule has 0 bridgehead atoms. The Balaban J connectivity index is 2.32. The summed E-state index contributed by atoms with van der Waals surface area (Å²) in [5.41, 5.74) is 0.737. The maximum Gasteiger partial charge on any atom is 0.171 e. The summed E-state index contributed by atoms with van der Waals surface area (Å²) in [6, 6.07) is 5.41. The van der Waals surface area contributed by atoms with Crippen molar-refractivity contribution in [2.75, 3.05) is 19.5 Å². The Morgan fingerprint density at radius 3 is 2.56 bits per heavy atom. The number of anilines is 2. The minimum absolute atomic E-state index is 0.301. The van der Waals surface area contributed by atoms with Gasteiger partial charge in [-0.1, -0.05) is 11.6 Å². The zero-order valence-corrected chi connectivity index (χ0v) is 10.7. The molecule has 0 atom stereocenters. The minimum Gasteiger partial charge on any atom is -0.497 e. The van der Waals surface area contributed by atoms with E-state index in [-0.39, 0.29) is 0 Å². The van der Waals surface area contributed by atoms with Crippen LogP contribution in [0.25, 0.3) is 0 Å². The fourth-order valence-corrected chi connectivity index (χ4v) is 1.59. The topological polar surface area (TPSA) is 56.3 Å². The summed E-state index contributed by atoms with van der Waals surface area (Å²) in [5, 5.41) is 3.36. The normalized spacial score (nSPS) is 9.94. The Hall–Kier alpha value is -2.01. The number of halogens is 1. The van der Waals surface area contributed by atoms with Crippen LogP contribution >= 0.6 is 11.6 Å². The summed E-state index contributed by atoms with van der Waals surface area (Å²) in [7, 11) is 3.18. The van der Waals surface area contributed by atoms with Crippen LogP contribution in [-0.4, -0.2) is 24.2 Å². The molecule has 0 saturated carbocycles. The third-order valence-corrected chi connectivity index (χ3v) is 2.59. The zero-order valence-electron chi connectivity index (χ0n) is 9.98. The molecule has 5 nitrogen and oxygen atoms in total. The highest BCUT2D eigenvalue weighted by atomic mass is 35.5. The number of aromatic nitrogens is 2. The molecule has 0 aliphatic rings. The third-order valence-electron chi connectivity index (χ3n) is 2.32. The summed E-state index contributed by atoms with van der Waals surface area (Å²) >= 11 is 5.93. The van der Waals surface area contributed by atoms with Gasteiger partial charge in [0.25, 0.3) is 0 Å². The lowest BCUT2D eigenvalue weighted by Gasteiger charge is -2.12. The molecule has 0 fully saturated rings. The number of ether oxygens (including phenoxy) is 2. The van der Waals surface area contributed by atoms with Crippen molar-refractivity contribution >= 4 is 23.1 Å². The molecule has 0 spiro atoms. The number of hydrogen-bond acceptors (Lipinski definition) is 5. The fourth-order valence-electron chi connectivity index (χ4n) is 1.43. The highest BCUT2D eigenvalue weighted by molar-refractivity contribution is 6.31. The first-order chi connectivity index (χ1) is 8.74. The number of nitrogens with one attached hydrogen (secondary N) is 1. The first-order valence-corrected chi connectivity index (χ1v) is 5.58. The lowest BCUT2D eigenvalue weighted by atomic mass is 10.2. The molecular weight excluding hydrogens is 254 g/mol. The fraction of sp³-hybridized carbons (Fsp3) is 0.167. The van der Waals surface area contributed by atoms with E-state index in [1.807, 2.05) is 12.1 Å². The molecule has 1 heterocycles. The lowest BCUT2D eigenvalue weighted by Crippen LogP contribution is -1.98. The largest absolute Gasteiger partial charge is 0.497 e. The second kappa shape index (κ2) is 5.55. The summed E-state index contributed by atoms with van der Waals surface area (Å²) in [6.07, 6.45) is 3.09. The average Bonchev–Trinajstić information content (AvgIpc) is 2.41. The van der Waals surface area contributed by atoms with Crippen LogP contribution in [0.5, 0.6) is 11.5 Å². The van der Waals surface area contributed by atoms with Gasteiger partial charge in [0.2, 0.25) is 0 Å². The van der Waals surface area contributed by atoms with Crippen LogP contribution in [0.15, 0.2) is 30.6 Å². The van der Waals surface area contributed by atoms with Crippen LogP contribution in [0.3, 0.4) is 0 Å². The maximum absolute atomic E-state index is 5.93. The van der Waals surface area contributed by atoms with Crippen LogP contribution in [0, 0.1) is 0 Å². The van der Waals surface area contributed by atoms with Crippen LogP contribution in [0.4, 0.5) is 11.5 Å². The van der Waals surface area contributed by atoms with Gasteiger partial charge >= 0.3 is 0 Å². The molecule has 1 aromatic carbocycles. The Labute approximate surface area is 110 Å². The van der Waals surface area contributed by atoms with Crippen LogP contribution in [0.1, 0.15) is 0 Å². The van der Waals surface area contributed by atoms with E-state index in [2.05, 4.69) is 15.3 Å². The van der Waals surface area contributed by atoms with Gasteiger partial charge in [-0.25, -0.2) is 9.97 Å². The zero-order chi connectivity index (χ0) is 13.0. The van der Waals surface area contributed by atoms with E-state index in [1.165, 1.54) is 6.20 Å². The standard InChI is InChI=1S/C12H12ClN3O2/c1-17-8-3-4-9(10(7-8)18-2)16-12-11(13)14-5-6-15-12/h3-7H,1-2H3,(H,15,16). The van der Waals surface area contributed by atoms with Crippen molar-refractivity contribution in [2.24, 2.45) is 0 Å². The number of rotatable bonds is 4. The van der Waals surface area contributed by atoms with Crippen LogP contribution < -0.4 is 14.8 Å². The SMILES string of the molecule is COc1ccc(Nc2nccnc2Cl)c(OC)c1. The van der Waals surface area contributed by atoms with Gasteiger partial charge in [0, 0.05) is 18.5 Å². The van der Waals surface area contributed by atoms with Gasteiger partial charge in [0.1, 0.15) is 11.5 Å². The van der Waals surface area contributed by atoms with E-state index in [4.69, 9.17) is 21.1 Å². The van der Waals surface area contributed by atoms with Crippen molar-refractivity contribution in [2.45, 2.75) is 0 Å².